The SMILES string of the molecule is Cc1ccc(C(NC(=O)Cn2cc(C(=O)O)cn2)C(F)(F)F)o1. The average Bonchev–Trinajstić information content (AvgIpc) is 3.04. The van der Waals surface area contributed by atoms with Crippen LogP contribution in [0.3, 0.4) is 0 Å². The van der Waals surface area contributed by atoms with Gasteiger partial charge in [-0.3, -0.25) is 9.48 Å². The van der Waals surface area contributed by atoms with Gasteiger partial charge in [-0.1, -0.05) is 0 Å². The highest BCUT2D eigenvalue weighted by atomic mass is 19.4. The van der Waals surface area contributed by atoms with Gasteiger partial charge in [0.25, 0.3) is 0 Å². The second-order valence-electron chi connectivity index (χ2n) is 4.72. The molecule has 0 radical (unpaired) electrons. The molecule has 1 amide bonds. The largest absolute Gasteiger partial charge is 0.478 e. The Morgan fingerprint density at radius 1 is 1.43 bits per heavy atom. The molecule has 0 fully saturated rings. The zero-order valence-corrected chi connectivity index (χ0v) is 11.8. The lowest BCUT2D eigenvalue weighted by atomic mass is 10.2. The quantitative estimate of drug-likeness (QED) is 0.872. The van der Waals surface area contributed by atoms with E-state index >= 15 is 0 Å². The van der Waals surface area contributed by atoms with E-state index in [1.54, 1.807) is 0 Å². The molecule has 0 aliphatic heterocycles. The molecule has 2 rings (SSSR count). The standard InChI is InChI=1S/C13H12F3N3O4/c1-7-2-3-9(23-7)11(13(14,15)16)18-10(20)6-19-5-8(4-17-19)12(21)22/h2-5,11H,6H2,1H3,(H,18,20)(H,21,22). The van der Waals surface area contributed by atoms with E-state index in [1.807, 2.05) is 5.32 Å². The number of hydrogen-bond donors (Lipinski definition) is 2. The second kappa shape index (κ2) is 6.15. The van der Waals surface area contributed by atoms with Gasteiger partial charge in [-0.15, -0.1) is 0 Å². The van der Waals surface area contributed by atoms with Crippen molar-refractivity contribution in [2.45, 2.75) is 25.7 Å². The van der Waals surface area contributed by atoms with E-state index in [2.05, 4.69) is 5.10 Å². The molecular formula is C13H12F3N3O4. The summed E-state index contributed by atoms with van der Waals surface area (Å²) in [5, 5.41) is 14.1. The number of nitrogens with zero attached hydrogens (tertiary/aromatic N) is 2. The third-order valence-corrected chi connectivity index (χ3v) is 2.86. The van der Waals surface area contributed by atoms with Gasteiger partial charge < -0.3 is 14.8 Å². The summed E-state index contributed by atoms with van der Waals surface area (Å²) in [4.78, 5) is 22.4. The minimum absolute atomic E-state index is 0.174. The van der Waals surface area contributed by atoms with Gasteiger partial charge in [-0.2, -0.15) is 18.3 Å². The van der Waals surface area contributed by atoms with Crippen LogP contribution in [-0.2, 0) is 11.3 Å². The van der Waals surface area contributed by atoms with Gasteiger partial charge in [0.2, 0.25) is 5.91 Å². The molecule has 1 unspecified atom stereocenters. The molecule has 23 heavy (non-hydrogen) atoms. The molecule has 10 heteroatoms. The number of rotatable bonds is 5. The van der Waals surface area contributed by atoms with Gasteiger partial charge in [-0.05, 0) is 19.1 Å². The number of aromatic nitrogens is 2. The molecule has 0 saturated carbocycles. The van der Waals surface area contributed by atoms with Gasteiger partial charge in [0.15, 0.2) is 6.04 Å². The first-order valence-corrected chi connectivity index (χ1v) is 6.35. The molecule has 2 aromatic heterocycles. The van der Waals surface area contributed by atoms with Crippen LogP contribution < -0.4 is 5.32 Å². The van der Waals surface area contributed by atoms with Crippen molar-refractivity contribution in [2.75, 3.05) is 0 Å². The van der Waals surface area contributed by atoms with Crippen LogP contribution in [0.2, 0.25) is 0 Å². The van der Waals surface area contributed by atoms with Crippen LogP contribution in [0.1, 0.15) is 27.9 Å². The Labute approximate surface area is 127 Å². The predicted octanol–water partition coefficient (Wildman–Crippen LogP) is 1.90. The maximum absolute atomic E-state index is 13.0. The Hall–Kier alpha value is -2.78. The second-order valence-corrected chi connectivity index (χ2v) is 4.72. The summed E-state index contributed by atoms with van der Waals surface area (Å²) < 4.78 is 45.0. The number of carboxylic acids is 1. The van der Waals surface area contributed by atoms with E-state index in [4.69, 9.17) is 9.52 Å². The number of halogens is 3. The van der Waals surface area contributed by atoms with E-state index < -0.39 is 36.4 Å². The molecule has 7 nitrogen and oxygen atoms in total. The lowest BCUT2D eigenvalue weighted by molar-refractivity contribution is -0.167. The zero-order chi connectivity index (χ0) is 17.2. The van der Waals surface area contributed by atoms with Crippen LogP contribution in [0.5, 0.6) is 0 Å². The molecule has 0 aromatic carbocycles. The lowest BCUT2D eigenvalue weighted by Crippen LogP contribution is -2.39. The van der Waals surface area contributed by atoms with Crippen LogP contribution in [0, 0.1) is 6.92 Å². The summed E-state index contributed by atoms with van der Waals surface area (Å²) in [5.74, 6) is -2.39. The van der Waals surface area contributed by atoms with E-state index in [0.717, 1.165) is 23.1 Å². The summed E-state index contributed by atoms with van der Waals surface area (Å²) in [6, 6.07) is 0.190. The lowest BCUT2D eigenvalue weighted by Gasteiger charge is -2.19. The molecule has 2 N–H and O–H groups in total. The topological polar surface area (TPSA) is 97.4 Å². The number of nitrogens with one attached hydrogen (secondary N) is 1. The number of alkyl halides is 3. The van der Waals surface area contributed by atoms with Crippen LogP contribution in [-0.4, -0.2) is 32.9 Å². The molecule has 0 aliphatic rings. The molecular weight excluding hydrogens is 319 g/mol. The van der Waals surface area contributed by atoms with Crippen LogP contribution in [0.4, 0.5) is 13.2 Å². The molecule has 2 heterocycles. The molecule has 124 valence electrons. The Kier molecular flexibility index (Phi) is 4.43. The molecule has 1 atom stereocenters. The van der Waals surface area contributed by atoms with Crippen molar-refractivity contribution in [3.8, 4) is 0 Å². The molecule has 0 spiro atoms. The van der Waals surface area contributed by atoms with Crippen molar-refractivity contribution in [1.29, 1.82) is 0 Å². The first kappa shape index (κ1) is 16.6. The fraction of sp³-hybridized carbons (Fsp3) is 0.308. The van der Waals surface area contributed by atoms with Gasteiger partial charge in [-0.25, -0.2) is 4.79 Å². The molecule has 0 saturated heterocycles. The smallest absolute Gasteiger partial charge is 0.415 e. The molecule has 0 aliphatic carbocycles. The van der Waals surface area contributed by atoms with Crippen LogP contribution in [0.15, 0.2) is 28.9 Å². The first-order chi connectivity index (χ1) is 10.7. The van der Waals surface area contributed by atoms with Gasteiger partial charge in [0, 0.05) is 6.20 Å². The fourth-order valence-electron chi connectivity index (χ4n) is 1.84. The number of amides is 1. The Morgan fingerprint density at radius 2 is 2.13 bits per heavy atom. The van der Waals surface area contributed by atoms with Gasteiger partial charge in [0.05, 0.1) is 11.8 Å². The van der Waals surface area contributed by atoms with Crippen LogP contribution in [0.25, 0.3) is 0 Å². The number of carbonyl (C=O) groups excluding carboxylic acids is 1. The summed E-state index contributed by atoms with van der Waals surface area (Å²) in [5.41, 5.74) is -0.174. The third kappa shape index (κ3) is 4.11. The van der Waals surface area contributed by atoms with Crippen molar-refractivity contribution in [2.24, 2.45) is 0 Å². The number of aryl methyl sites for hydroxylation is 1. The average molecular weight is 331 g/mol. The molecule has 2 aromatic rings. The number of aromatic carboxylic acids is 1. The normalized spacial score (nSPS) is 12.9. The van der Waals surface area contributed by atoms with Crippen LogP contribution >= 0.6 is 0 Å². The molecule has 0 bridgehead atoms. The number of carbonyl (C=O) groups is 2. The minimum Gasteiger partial charge on any atom is -0.478 e. The highest BCUT2D eigenvalue weighted by Gasteiger charge is 2.44. The summed E-state index contributed by atoms with van der Waals surface area (Å²) >= 11 is 0. The Morgan fingerprint density at radius 3 is 2.61 bits per heavy atom. The van der Waals surface area contributed by atoms with Crippen molar-refractivity contribution in [3.05, 3.63) is 41.6 Å². The monoisotopic (exact) mass is 331 g/mol. The summed E-state index contributed by atoms with van der Waals surface area (Å²) in [6.45, 7) is 0.926. The maximum atomic E-state index is 13.0. The van der Waals surface area contributed by atoms with Gasteiger partial charge >= 0.3 is 12.1 Å². The summed E-state index contributed by atoms with van der Waals surface area (Å²) in [6.07, 6.45) is -2.70. The number of hydrogen-bond acceptors (Lipinski definition) is 4. The van der Waals surface area contributed by atoms with Gasteiger partial charge in [0.1, 0.15) is 18.1 Å². The first-order valence-electron chi connectivity index (χ1n) is 6.35. The maximum Gasteiger partial charge on any atom is 0.415 e. The summed E-state index contributed by atoms with van der Waals surface area (Å²) in [7, 11) is 0. The van der Waals surface area contributed by atoms with Crippen molar-refractivity contribution in [1.82, 2.24) is 15.1 Å². The number of furan rings is 1. The highest BCUT2D eigenvalue weighted by molar-refractivity contribution is 5.87. The third-order valence-electron chi connectivity index (χ3n) is 2.86. The van der Waals surface area contributed by atoms with Crippen molar-refractivity contribution in [3.63, 3.8) is 0 Å². The van der Waals surface area contributed by atoms with E-state index in [9.17, 15) is 22.8 Å². The zero-order valence-electron chi connectivity index (χ0n) is 11.8. The fourth-order valence-corrected chi connectivity index (χ4v) is 1.84. The van der Waals surface area contributed by atoms with E-state index in [1.165, 1.54) is 13.0 Å². The van der Waals surface area contributed by atoms with E-state index in [0.29, 0.717) is 0 Å². The number of carboxylic acid groups (broad SMARTS) is 1. The Balaban J connectivity index is 2.10. The van der Waals surface area contributed by atoms with Crippen molar-refractivity contribution >= 4 is 11.9 Å². The predicted molar refractivity (Wildman–Crippen MR) is 69.6 cm³/mol. The van der Waals surface area contributed by atoms with Crippen molar-refractivity contribution < 1.29 is 32.3 Å². The highest BCUT2D eigenvalue weighted by Crippen LogP contribution is 2.33. The Bertz CT molecular complexity index is 720. The van der Waals surface area contributed by atoms with E-state index in [-0.39, 0.29) is 11.3 Å². The minimum atomic E-state index is -4.74.